The molecular weight excluding hydrogens is 386 g/mol. The van der Waals surface area contributed by atoms with Crippen LogP contribution in [-0.4, -0.2) is 35.2 Å². The highest BCUT2D eigenvalue weighted by molar-refractivity contribution is 5.96. The van der Waals surface area contributed by atoms with E-state index in [1.54, 1.807) is 24.3 Å². The van der Waals surface area contributed by atoms with Crippen molar-refractivity contribution in [2.24, 2.45) is 0 Å². The van der Waals surface area contributed by atoms with Gasteiger partial charge in [-0.15, -0.1) is 0 Å². The molecular formula is C22H23N3O5. The van der Waals surface area contributed by atoms with Gasteiger partial charge in [0, 0.05) is 11.1 Å². The van der Waals surface area contributed by atoms with Gasteiger partial charge in [-0.2, -0.15) is 4.98 Å². The van der Waals surface area contributed by atoms with Crippen LogP contribution >= 0.6 is 0 Å². The van der Waals surface area contributed by atoms with Crippen LogP contribution in [0.25, 0.3) is 11.4 Å². The summed E-state index contributed by atoms with van der Waals surface area (Å²) < 4.78 is 15.7. The molecule has 1 N–H and O–H groups in total. The van der Waals surface area contributed by atoms with Crippen molar-refractivity contribution >= 4 is 11.9 Å². The Kier molecular flexibility index (Phi) is 7.54. The lowest BCUT2D eigenvalue weighted by Crippen LogP contribution is -2.30. The highest BCUT2D eigenvalue weighted by atomic mass is 16.6. The fourth-order valence-corrected chi connectivity index (χ4v) is 2.50. The Bertz CT molecular complexity index is 954. The minimum atomic E-state index is -0.609. The third-order valence-corrected chi connectivity index (χ3v) is 4.13. The molecule has 0 saturated carbocycles. The zero-order chi connectivity index (χ0) is 21.2. The molecule has 0 fully saturated rings. The highest BCUT2D eigenvalue weighted by Gasteiger charge is 2.12. The zero-order valence-electron chi connectivity index (χ0n) is 16.7. The second-order valence-electron chi connectivity index (χ2n) is 6.45. The quantitative estimate of drug-likeness (QED) is 0.404. The van der Waals surface area contributed by atoms with E-state index in [0.717, 1.165) is 18.4 Å². The monoisotopic (exact) mass is 409 g/mol. The van der Waals surface area contributed by atoms with E-state index in [4.69, 9.17) is 14.0 Å². The number of nitrogens with one attached hydrogen (secondary N) is 1. The van der Waals surface area contributed by atoms with E-state index in [9.17, 15) is 9.59 Å². The Morgan fingerprint density at radius 1 is 1.07 bits per heavy atom. The van der Waals surface area contributed by atoms with Crippen molar-refractivity contribution in [1.29, 1.82) is 0 Å². The summed E-state index contributed by atoms with van der Waals surface area (Å²) in [5.74, 6) is 0.302. The molecule has 0 bridgehead atoms. The number of nitrogens with zero attached hydrogens (tertiary/aromatic N) is 2. The number of hydrogen-bond donors (Lipinski definition) is 1. The highest BCUT2D eigenvalue weighted by Crippen LogP contribution is 2.15. The molecule has 0 aliphatic rings. The number of rotatable bonds is 10. The topological polar surface area (TPSA) is 104 Å². The van der Waals surface area contributed by atoms with Gasteiger partial charge in [-0.1, -0.05) is 48.8 Å². The molecule has 0 spiro atoms. The fourth-order valence-electron chi connectivity index (χ4n) is 2.50. The van der Waals surface area contributed by atoms with E-state index < -0.39 is 5.97 Å². The average molecular weight is 409 g/mol. The van der Waals surface area contributed by atoms with Crippen LogP contribution in [0.5, 0.6) is 5.75 Å². The number of hydrogen-bond acceptors (Lipinski definition) is 7. The van der Waals surface area contributed by atoms with E-state index in [-0.39, 0.29) is 24.9 Å². The van der Waals surface area contributed by atoms with Gasteiger partial charge in [0.2, 0.25) is 5.82 Å². The molecule has 3 rings (SSSR count). The molecule has 0 aliphatic heterocycles. The summed E-state index contributed by atoms with van der Waals surface area (Å²) in [6.45, 7) is 2.29. The number of aromatic nitrogens is 2. The molecule has 0 unspecified atom stereocenters. The van der Waals surface area contributed by atoms with Gasteiger partial charge < -0.3 is 19.3 Å². The van der Waals surface area contributed by atoms with Crippen molar-refractivity contribution in [2.45, 2.75) is 26.4 Å². The summed E-state index contributed by atoms with van der Waals surface area (Å²) in [4.78, 5) is 28.2. The summed E-state index contributed by atoms with van der Waals surface area (Å²) >= 11 is 0. The Balaban J connectivity index is 1.41. The average Bonchev–Trinajstić information content (AvgIpc) is 3.26. The second kappa shape index (κ2) is 10.8. The Morgan fingerprint density at radius 3 is 2.57 bits per heavy atom. The molecule has 0 atom stereocenters. The van der Waals surface area contributed by atoms with Gasteiger partial charge in [-0.25, -0.2) is 0 Å². The number of carbonyl (C=O) groups is 2. The summed E-state index contributed by atoms with van der Waals surface area (Å²) in [6.07, 6.45) is 2.03. The van der Waals surface area contributed by atoms with E-state index in [0.29, 0.717) is 23.7 Å². The molecule has 30 heavy (non-hydrogen) atoms. The van der Waals surface area contributed by atoms with Gasteiger partial charge in [0.15, 0.2) is 6.61 Å². The Labute approximate surface area is 174 Å². The number of benzene rings is 2. The molecule has 1 heterocycles. The second-order valence-corrected chi connectivity index (χ2v) is 6.45. The van der Waals surface area contributed by atoms with Crippen molar-refractivity contribution < 1.29 is 23.6 Å². The Morgan fingerprint density at radius 2 is 1.83 bits per heavy atom. The first-order valence-electron chi connectivity index (χ1n) is 9.70. The van der Waals surface area contributed by atoms with E-state index in [2.05, 4.69) is 22.4 Å². The van der Waals surface area contributed by atoms with Crippen molar-refractivity contribution in [1.82, 2.24) is 15.5 Å². The third-order valence-electron chi connectivity index (χ3n) is 4.13. The van der Waals surface area contributed by atoms with Crippen molar-refractivity contribution in [3.63, 3.8) is 0 Å². The first kappa shape index (κ1) is 21.0. The van der Waals surface area contributed by atoms with E-state index in [1.165, 1.54) is 0 Å². The maximum absolute atomic E-state index is 12.2. The van der Waals surface area contributed by atoms with Gasteiger partial charge in [0.1, 0.15) is 12.3 Å². The van der Waals surface area contributed by atoms with Gasteiger partial charge in [0.25, 0.3) is 11.8 Å². The lowest BCUT2D eigenvalue weighted by atomic mass is 10.2. The molecule has 8 heteroatoms. The summed E-state index contributed by atoms with van der Waals surface area (Å²) in [7, 11) is 0. The minimum absolute atomic E-state index is 0.168. The molecule has 1 amide bonds. The molecule has 3 aromatic rings. The lowest BCUT2D eigenvalue weighted by molar-refractivity contribution is -0.144. The van der Waals surface area contributed by atoms with E-state index in [1.807, 2.05) is 30.3 Å². The van der Waals surface area contributed by atoms with Crippen LogP contribution in [0.1, 0.15) is 36.0 Å². The minimum Gasteiger partial charge on any atom is -0.494 e. The normalized spacial score (nSPS) is 10.4. The number of esters is 1. The van der Waals surface area contributed by atoms with Crippen molar-refractivity contribution in [3.05, 3.63) is 66.1 Å². The predicted octanol–water partition coefficient (Wildman–Crippen LogP) is 3.39. The van der Waals surface area contributed by atoms with Crippen LogP contribution in [0.15, 0.2) is 59.1 Å². The lowest BCUT2D eigenvalue weighted by Gasteiger charge is -2.07. The van der Waals surface area contributed by atoms with Crippen LogP contribution in [-0.2, 0) is 16.1 Å². The van der Waals surface area contributed by atoms with Crippen LogP contribution < -0.4 is 10.1 Å². The number of amides is 1. The van der Waals surface area contributed by atoms with Crippen molar-refractivity contribution in [3.8, 4) is 17.1 Å². The summed E-state index contributed by atoms with van der Waals surface area (Å²) in [5.41, 5.74) is 1.22. The fraction of sp³-hybridized carbons (Fsp3) is 0.273. The van der Waals surface area contributed by atoms with Gasteiger partial charge >= 0.3 is 5.97 Å². The SMILES string of the molecule is CCCCOc1ccc(C(=O)NCC(=O)OCc2nc(-c3ccccc3)no2)cc1. The molecule has 0 radical (unpaired) electrons. The van der Waals surface area contributed by atoms with E-state index >= 15 is 0 Å². The molecule has 8 nitrogen and oxygen atoms in total. The predicted molar refractivity (Wildman–Crippen MR) is 109 cm³/mol. The van der Waals surface area contributed by atoms with Crippen LogP contribution in [0.2, 0.25) is 0 Å². The Hall–Kier alpha value is -3.68. The van der Waals surface area contributed by atoms with Gasteiger partial charge in [0.05, 0.1) is 6.61 Å². The zero-order valence-corrected chi connectivity index (χ0v) is 16.7. The maximum atomic E-state index is 12.2. The first-order chi connectivity index (χ1) is 14.7. The summed E-state index contributed by atoms with van der Waals surface area (Å²) in [5, 5.41) is 6.37. The number of ether oxygens (including phenoxy) is 2. The third kappa shape index (κ3) is 6.16. The first-order valence-corrected chi connectivity index (χ1v) is 9.70. The molecule has 1 aromatic heterocycles. The number of unbranched alkanes of at least 4 members (excludes halogenated alkanes) is 1. The van der Waals surface area contributed by atoms with Crippen LogP contribution in [0.3, 0.4) is 0 Å². The van der Waals surface area contributed by atoms with Crippen molar-refractivity contribution in [2.75, 3.05) is 13.2 Å². The molecule has 156 valence electrons. The molecule has 2 aromatic carbocycles. The van der Waals surface area contributed by atoms with Crippen LogP contribution in [0, 0.1) is 0 Å². The van der Waals surface area contributed by atoms with Crippen LogP contribution in [0.4, 0.5) is 0 Å². The maximum Gasteiger partial charge on any atom is 0.325 e. The molecule has 0 aliphatic carbocycles. The smallest absolute Gasteiger partial charge is 0.325 e. The van der Waals surface area contributed by atoms with Gasteiger partial charge in [-0.3, -0.25) is 9.59 Å². The molecule has 0 saturated heterocycles. The standard InChI is InChI=1S/C22H23N3O5/c1-2-3-13-28-18-11-9-17(10-12-18)22(27)23-14-20(26)29-15-19-24-21(25-30-19)16-7-5-4-6-8-16/h4-12H,2-3,13-15H2,1H3,(H,23,27). The number of carbonyl (C=O) groups excluding carboxylic acids is 2. The largest absolute Gasteiger partial charge is 0.494 e. The summed E-state index contributed by atoms with van der Waals surface area (Å²) in [6, 6.07) is 16.0. The van der Waals surface area contributed by atoms with Gasteiger partial charge in [-0.05, 0) is 30.7 Å².